The predicted molar refractivity (Wildman–Crippen MR) is 72.4 cm³/mol. The molecule has 0 spiro atoms. The van der Waals surface area contributed by atoms with Gasteiger partial charge in [0.15, 0.2) is 0 Å². The van der Waals surface area contributed by atoms with Crippen LogP contribution in [-0.2, 0) is 4.79 Å². The lowest BCUT2D eigenvalue weighted by molar-refractivity contribution is -0.116. The van der Waals surface area contributed by atoms with E-state index < -0.39 is 5.82 Å². The molecule has 1 amide bonds. The number of amides is 1. The summed E-state index contributed by atoms with van der Waals surface area (Å²) < 4.78 is 13.3. The van der Waals surface area contributed by atoms with Crippen molar-refractivity contribution in [2.75, 3.05) is 11.9 Å². The van der Waals surface area contributed by atoms with Crippen LogP contribution >= 0.6 is 11.6 Å². The Labute approximate surface area is 112 Å². The van der Waals surface area contributed by atoms with E-state index in [1.165, 1.54) is 18.2 Å². The first kappa shape index (κ1) is 14.9. The molecule has 0 radical (unpaired) electrons. The summed E-state index contributed by atoms with van der Waals surface area (Å²) >= 11 is 5.73. The predicted octanol–water partition coefficient (Wildman–Crippen LogP) is 3.20. The normalized spacial score (nSPS) is 10.7. The number of rotatable bonds is 6. The zero-order chi connectivity index (χ0) is 13.5. The Kier molecular flexibility index (Phi) is 6.09. The molecule has 1 aromatic rings. The average molecular weight is 273 g/mol. The average Bonchev–Trinajstić information content (AvgIpc) is 2.29. The lowest BCUT2D eigenvalue weighted by Gasteiger charge is -2.09. The maximum atomic E-state index is 13.3. The number of nitrogens with one attached hydrogen (secondary N) is 2. The minimum absolute atomic E-state index is 0.129. The van der Waals surface area contributed by atoms with Crippen LogP contribution in [0.4, 0.5) is 10.1 Å². The molecule has 0 atom stereocenters. The Morgan fingerprint density at radius 3 is 2.83 bits per heavy atom. The summed E-state index contributed by atoms with van der Waals surface area (Å²) in [7, 11) is 0. The Morgan fingerprint density at radius 2 is 2.17 bits per heavy atom. The first-order valence-electron chi connectivity index (χ1n) is 5.97. The van der Waals surface area contributed by atoms with Gasteiger partial charge in [0.25, 0.3) is 0 Å². The Morgan fingerprint density at radius 1 is 1.44 bits per heavy atom. The lowest BCUT2D eigenvalue weighted by atomic mass is 10.2. The van der Waals surface area contributed by atoms with E-state index in [1.807, 2.05) is 13.8 Å². The second-order valence-electron chi connectivity index (χ2n) is 4.38. The van der Waals surface area contributed by atoms with Crippen LogP contribution in [0.25, 0.3) is 0 Å². The number of carbonyl (C=O) groups is 1. The van der Waals surface area contributed by atoms with Crippen LogP contribution < -0.4 is 10.6 Å². The summed E-state index contributed by atoms with van der Waals surface area (Å²) in [4.78, 5) is 11.6. The van der Waals surface area contributed by atoms with Crippen molar-refractivity contribution in [1.82, 2.24) is 5.32 Å². The van der Waals surface area contributed by atoms with Crippen molar-refractivity contribution in [3.63, 3.8) is 0 Å². The fourth-order valence-electron chi connectivity index (χ4n) is 1.45. The number of halogens is 2. The summed E-state index contributed by atoms with van der Waals surface area (Å²) in [6, 6.07) is 4.48. The second kappa shape index (κ2) is 7.34. The highest BCUT2D eigenvalue weighted by atomic mass is 35.5. The Bertz CT molecular complexity index is 410. The van der Waals surface area contributed by atoms with Crippen molar-refractivity contribution in [1.29, 1.82) is 0 Å². The Hall–Kier alpha value is -1.13. The van der Waals surface area contributed by atoms with E-state index in [9.17, 15) is 9.18 Å². The SMILES string of the molecule is CC(C)NCCCC(=O)Nc1cc(Cl)ccc1F. The molecule has 0 aliphatic rings. The summed E-state index contributed by atoms with van der Waals surface area (Å²) in [5.74, 6) is -0.685. The van der Waals surface area contributed by atoms with E-state index in [2.05, 4.69) is 10.6 Å². The van der Waals surface area contributed by atoms with Crippen molar-refractivity contribution in [2.45, 2.75) is 32.7 Å². The molecular weight excluding hydrogens is 255 g/mol. The first-order chi connectivity index (χ1) is 8.49. The van der Waals surface area contributed by atoms with Crippen molar-refractivity contribution >= 4 is 23.2 Å². The van der Waals surface area contributed by atoms with Gasteiger partial charge in [-0.3, -0.25) is 4.79 Å². The van der Waals surface area contributed by atoms with Gasteiger partial charge < -0.3 is 10.6 Å². The quantitative estimate of drug-likeness (QED) is 0.781. The molecule has 0 aromatic heterocycles. The van der Waals surface area contributed by atoms with Gasteiger partial charge in [-0.15, -0.1) is 0 Å². The summed E-state index contributed by atoms with van der Waals surface area (Å²) in [5.41, 5.74) is 0.129. The highest BCUT2D eigenvalue weighted by Gasteiger charge is 2.07. The minimum atomic E-state index is -0.479. The van der Waals surface area contributed by atoms with Crippen LogP contribution in [0.3, 0.4) is 0 Å². The maximum absolute atomic E-state index is 13.3. The van der Waals surface area contributed by atoms with Gasteiger partial charge in [-0.1, -0.05) is 25.4 Å². The zero-order valence-corrected chi connectivity index (χ0v) is 11.4. The van der Waals surface area contributed by atoms with Gasteiger partial charge in [0.2, 0.25) is 5.91 Å². The van der Waals surface area contributed by atoms with Gasteiger partial charge in [-0.25, -0.2) is 4.39 Å². The van der Waals surface area contributed by atoms with Crippen LogP contribution in [0.1, 0.15) is 26.7 Å². The third-order valence-electron chi connectivity index (χ3n) is 2.34. The van der Waals surface area contributed by atoms with Gasteiger partial charge >= 0.3 is 0 Å². The van der Waals surface area contributed by atoms with Crippen molar-refractivity contribution in [3.8, 4) is 0 Å². The Balaban J connectivity index is 2.38. The van der Waals surface area contributed by atoms with Gasteiger partial charge in [0.1, 0.15) is 5.82 Å². The molecule has 100 valence electrons. The van der Waals surface area contributed by atoms with Crippen LogP contribution in [-0.4, -0.2) is 18.5 Å². The highest BCUT2D eigenvalue weighted by Crippen LogP contribution is 2.19. The van der Waals surface area contributed by atoms with E-state index in [4.69, 9.17) is 11.6 Å². The fraction of sp³-hybridized carbons (Fsp3) is 0.462. The third-order valence-corrected chi connectivity index (χ3v) is 2.57. The molecular formula is C13H18ClFN2O. The van der Waals surface area contributed by atoms with Crippen molar-refractivity contribution < 1.29 is 9.18 Å². The van der Waals surface area contributed by atoms with E-state index in [-0.39, 0.29) is 11.6 Å². The number of anilines is 1. The second-order valence-corrected chi connectivity index (χ2v) is 4.82. The lowest BCUT2D eigenvalue weighted by Crippen LogP contribution is -2.24. The molecule has 5 heteroatoms. The largest absolute Gasteiger partial charge is 0.324 e. The smallest absolute Gasteiger partial charge is 0.224 e. The standard InChI is InChI=1S/C13H18ClFN2O/c1-9(2)16-7-3-4-13(18)17-12-8-10(14)5-6-11(12)15/h5-6,8-9,16H,3-4,7H2,1-2H3,(H,17,18). The molecule has 0 saturated heterocycles. The molecule has 0 unspecified atom stereocenters. The maximum Gasteiger partial charge on any atom is 0.224 e. The monoisotopic (exact) mass is 272 g/mol. The van der Waals surface area contributed by atoms with E-state index in [0.29, 0.717) is 23.9 Å². The third kappa shape index (κ3) is 5.47. The minimum Gasteiger partial charge on any atom is -0.324 e. The molecule has 3 nitrogen and oxygen atoms in total. The first-order valence-corrected chi connectivity index (χ1v) is 6.35. The number of carbonyl (C=O) groups excluding carboxylic acids is 1. The molecule has 0 fully saturated rings. The summed E-state index contributed by atoms with van der Waals surface area (Å²) in [6.07, 6.45) is 1.07. The molecule has 2 N–H and O–H groups in total. The van der Waals surface area contributed by atoms with Gasteiger partial charge in [-0.05, 0) is 31.2 Å². The number of hydrogen-bond donors (Lipinski definition) is 2. The molecule has 1 rings (SSSR count). The fourth-order valence-corrected chi connectivity index (χ4v) is 1.62. The van der Waals surface area contributed by atoms with E-state index in [1.54, 1.807) is 0 Å². The summed E-state index contributed by atoms with van der Waals surface area (Å²) in [5, 5.41) is 6.12. The van der Waals surface area contributed by atoms with Crippen LogP contribution in [0, 0.1) is 5.82 Å². The number of benzene rings is 1. The zero-order valence-electron chi connectivity index (χ0n) is 10.6. The molecule has 0 bridgehead atoms. The topological polar surface area (TPSA) is 41.1 Å². The van der Waals surface area contributed by atoms with E-state index >= 15 is 0 Å². The van der Waals surface area contributed by atoms with Crippen LogP contribution in [0.15, 0.2) is 18.2 Å². The van der Waals surface area contributed by atoms with Gasteiger partial charge in [0.05, 0.1) is 5.69 Å². The van der Waals surface area contributed by atoms with Crippen molar-refractivity contribution in [2.24, 2.45) is 0 Å². The molecule has 0 aliphatic heterocycles. The molecule has 0 aliphatic carbocycles. The molecule has 18 heavy (non-hydrogen) atoms. The molecule has 0 saturated carbocycles. The molecule has 1 aromatic carbocycles. The van der Waals surface area contributed by atoms with Crippen molar-refractivity contribution in [3.05, 3.63) is 29.0 Å². The van der Waals surface area contributed by atoms with Crippen LogP contribution in [0.5, 0.6) is 0 Å². The summed E-state index contributed by atoms with van der Waals surface area (Å²) in [6.45, 7) is 4.85. The molecule has 0 heterocycles. The van der Waals surface area contributed by atoms with E-state index in [0.717, 1.165) is 6.54 Å². The van der Waals surface area contributed by atoms with Gasteiger partial charge in [0, 0.05) is 17.5 Å². The van der Waals surface area contributed by atoms with Crippen LogP contribution in [0.2, 0.25) is 5.02 Å². The van der Waals surface area contributed by atoms with Gasteiger partial charge in [-0.2, -0.15) is 0 Å². The number of hydrogen-bond acceptors (Lipinski definition) is 2. The highest BCUT2D eigenvalue weighted by molar-refractivity contribution is 6.30.